The second kappa shape index (κ2) is 5.82. The third-order valence-electron chi connectivity index (χ3n) is 2.56. The Morgan fingerprint density at radius 1 is 1.39 bits per heavy atom. The molecule has 2 aromatic rings. The number of hydrogen-bond donors (Lipinski definition) is 1. The lowest BCUT2D eigenvalue weighted by atomic mass is 10.2. The van der Waals surface area contributed by atoms with Crippen molar-refractivity contribution in [2.24, 2.45) is 5.73 Å². The van der Waals surface area contributed by atoms with Crippen LogP contribution in [0.1, 0.15) is 15.3 Å². The fraction of sp³-hybridized carbons (Fsp3) is 0.231. The zero-order valence-corrected chi connectivity index (χ0v) is 12.3. The Morgan fingerprint density at radius 2 is 2.17 bits per heavy atom. The van der Waals surface area contributed by atoms with Crippen molar-refractivity contribution in [3.63, 3.8) is 0 Å². The summed E-state index contributed by atoms with van der Waals surface area (Å²) >= 11 is 4.78. The van der Waals surface area contributed by atoms with Crippen LogP contribution in [0.15, 0.2) is 28.7 Å². The highest BCUT2D eigenvalue weighted by atomic mass is 79.9. The zero-order chi connectivity index (χ0) is 13.1. The van der Waals surface area contributed by atoms with Gasteiger partial charge in [-0.05, 0) is 41.1 Å². The number of nitrogens with two attached hydrogens (primary N) is 1. The second-order valence-electron chi connectivity index (χ2n) is 3.86. The fourth-order valence-corrected chi connectivity index (χ4v) is 2.73. The van der Waals surface area contributed by atoms with Crippen molar-refractivity contribution in [2.45, 2.75) is 20.1 Å². The van der Waals surface area contributed by atoms with E-state index in [1.807, 2.05) is 13.0 Å². The van der Waals surface area contributed by atoms with Crippen LogP contribution in [0.25, 0.3) is 0 Å². The Morgan fingerprint density at radius 3 is 2.78 bits per heavy atom. The molecule has 2 N–H and O–H groups in total. The molecule has 0 aliphatic heterocycles. The van der Waals surface area contributed by atoms with Gasteiger partial charge in [-0.3, -0.25) is 0 Å². The largest absolute Gasteiger partial charge is 0.489 e. The number of hydrogen-bond acceptors (Lipinski definition) is 3. The Hall–Kier alpha value is -0.910. The van der Waals surface area contributed by atoms with E-state index in [1.165, 1.54) is 10.9 Å². The third kappa shape index (κ3) is 3.10. The Kier molecular flexibility index (Phi) is 4.37. The zero-order valence-electron chi connectivity index (χ0n) is 9.87. The van der Waals surface area contributed by atoms with Gasteiger partial charge >= 0.3 is 0 Å². The van der Waals surface area contributed by atoms with E-state index in [9.17, 15) is 4.39 Å². The molecule has 1 aromatic carbocycles. The maximum atomic E-state index is 13.3. The van der Waals surface area contributed by atoms with Crippen molar-refractivity contribution in [3.8, 4) is 5.75 Å². The number of aryl methyl sites for hydroxylation is 1. The van der Waals surface area contributed by atoms with Gasteiger partial charge in [0.1, 0.15) is 18.2 Å². The maximum Gasteiger partial charge on any atom is 0.141 e. The van der Waals surface area contributed by atoms with Crippen LogP contribution in [0, 0.1) is 12.7 Å². The monoisotopic (exact) mass is 329 g/mol. The molecule has 0 unspecified atom stereocenters. The van der Waals surface area contributed by atoms with Crippen molar-refractivity contribution in [3.05, 3.63) is 49.9 Å². The van der Waals surface area contributed by atoms with Crippen molar-refractivity contribution >= 4 is 27.3 Å². The van der Waals surface area contributed by atoms with Gasteiger partial charge in [-0.1, -0.05) is 0 Å². The summed E-state index contributed by atoms with van der Waals surface area (Å²) < 4.78 is 19.3. The van der Waals surface area contributed by atoms with E-state index < -0.39 is 0 Å². The van der Waals surface area contributed by atoms with E-state index >= 15 is 0 Å². The molecule has 96 valence electrons. The minimum absolute atomic E-state index is 0.322. The summed E-state index contributed by atoms with van der Waals surface area (Å²) in [7, 11) is 0. The molecule has 0 atom stereocenters. The lowest BCUT2D eigenvalue weighted by Gasteiger charge is -2.06. The molecule has 1 heterocycles. The fourth-order valence-electron chi connectivity index (χ4n) is 1.56. The summed E-state index contributed by atoms with van der Waals surface area (Å²) in [5.41, 5.74) is 6.69. The number of thiophene rings is 1. The predicted molar refractivity (Wildman–Crippen MR) is 75.4 cm³/mol. The van der Waals surface area contributed by atoms with E-state index in [0.29, 0.717) is 23.4 Å². The first-order valence-electron chi connectivity index (χ1n) is 5.46. The van der Waals surface area contributed by atoms with E-state index in [2.05, 4.69) is 15.9 Å². The second-order valence-corrected chi connectivity index (χ2v) is 6.06. The van der Waals surface area contributed by atoms with Crippen molar-refractivity contribution in [1.29, 1.82) is 0 Å². The maximum absolute atomic E-state index is 13.3. The minimum Gasteiger partial charge on any atom is -0.489 e. The molecule has 2 nitrogen and oxygen atoms in total. The summed E-state index contributed by atoms with van der Waals surface area (Å²) in [6.45, 7) is 3.01. The highest BCUT2D eigenvalue weighted by molar-refractivity contribution is 9.10. The van der Waals surface area contributed by atoms with Crippen LogP contribution in [0.4, 0.5) is 4.39 Å². The summed E-state index contributed by atoms with van der Waals surface area (Å²) in [6, 6.07) is 6.78. The molecule has 0 saturated carbocycles. The first kappa shape index (κ1) is 13.5. The molecule has 0 fully saturated rings. The van der Waals surface area contributed by atoms with Gasteiger partial charge < -0.3 is 10.5 Å². The first-order chi connectivity index (χ1) is 8.60. The lowest BCUT2D eigenvalue weighted by molar-refractivity contribution is 0.304. The molecule has 0 amide bonds. The molecule has 0 saturated heterocycles. The van der Waals surface area contributed by atoms with Crippen LogP contribution in [0.3, 0.4) is 0 Å². The molecule has 18 heavy (non-hydrogen) atoms. The van der Waals surface area contributed by atoms with E-state index in [-0.39, 0.29) is 5.82 Å². The Bertz CT molecular complexity index is 556. The molecule has 0 spiro atoms. The lowest BCUT2D eigenvalue weighted by Crippen LogP contribution is -1.96. The van der Waals surface area contributed by atoms with Gasteiger partial charge in [-0.2, -0.15) is 0 Å². The summed E-state index contributed by atoms with van der Waals surface area (Å²) in [4.78, 5) is 2.32. The van der Waals surface area contributed by atoms with Gasteiger partial charge in [-0.15, -0.1) is 11.3 Å². The SMILES string of the molecule is Cc1sc(CN)cc1COc1ccc(Br)c(F)c1. The van der Waals surface area contributed by atoms with E-state index in [4.69, 9.17) is 10.5 Å². The van der Waals surface area contributed by atoms with Crippen molar-refractivity contribution < 1.29 is 9.13 Å². The van der Waals surface area contributed by atoms with E-state index in [1.54, 1.807) is 23.5 Å². The average molecular weight is 330 g/mol. The quantitative estimate of drug-likeness (QED) is 0.920. The Balaban J connectivity index is 2.06. The minimum atomic E-state index is -0.322. The highest BCUT2D eigenvalue weighted by Crippen LogP contribution is 2.25. The highest BCUT2D eigenvalue weighted by Gasteiger charge is 2.06. The van der Waals surface area contributed by atoms with Gasteiger partial charge in [0.2, 0.25) is 0 Å². The molecule has 0 radical (unpaired) electrons. The molecular weight excluding hydrogens is 317 g/mol. The summed E-state index contributed by atoms with van der Waals surface area (Å²) in [5.74, 6) is 0.202. The number of halogens is 2. The van der Waals surface area contributed by atoms with Gasteiger partial charge in [0.25, 0.3) is 0 Å². The average Bonchev–Trinajstić information content (AvgIpc) is 2.72. The van der Waals surface area contributed by atoms with Gasteiger partial charge in [0.15, 0.2) is 0 Å². The molecule has 0 bridgehead atoms. The number of ether oxygens (including phenoxy) is 1. The predicted octanol–water partition coefficient (Wildman–Crippen LogP) is 4.00. The molecule has 1 aromatic heterocycles. The first-order valence-corrected chi connectivity index (χ1v) is 7.07. The number of benzene rings is 1. The van der Waals surface area contributed by atoms with Crippen LogP contribution in [0.5, 0.6) is 5.75 Å². The molecule has 2 rings (SSSR count). The molecular formula is C13H13BrFNOS. The summed E-state index contributed by atoms with van der Waals surface area (Å²) in [5, 5.41) is 0. The molecule has 0 aliphatic carbocycles. The topological polar surface area (TPSA) is 35.2 Å². The van der Waals surface area contributed by atoms with Crippen LogP contribution in [-0.4, -0.2) is 0 Å². The van der Waals surface area contributed by atoms with Crippen LogP contribution < -0.4 is 10.5 Å². The normalized spacial score (nSPS) is 10.7. The van der Waals surface area contributed by atoms with Crippen LogP contribution in [0.2, 0.25) is 0 Å². The summed E-state index contributed by atoms with van der Waals surface area (Å²) in [6.07, 6.45) is 0. The standard InChI is InChI=1S/C13H13BrFNOS/c1-8-9(4-11(6-16)18-8)7-17-10-2-3-12(14)13(15)5-10/h2-5H,6-7,16H2,1H3. The van der Waals surface area contributed by atoms with Gasteiger partial charge in [0, 0.05) is 27.9 Å². The Labute approximate surface area is 118 Å². The number of rotatable bonds is 4. The van der Waals surface area contributed by atoms with Crippen LogP contribution >= 0.6 is 27.3 Å². The molecule has 5 heteroatoms. The smallest absolute Gasteiger partial charge is 0.141 e. The van der Waals surface area contributed by atoms with Crippen molar-refractivity contribution in [1.82, 2.24) is 0 Å². The van der Waals surface area contributed by atoms with Crippen LogP contribution in [-0.2, 0) is 13.2 Å². The van der Waals surface area contributed by atoms with Gasteiger partial charge in [0.05, 0.1) is 4.47 Å². The van der Waals surface area contributed by atoms with E-state index in [0.717, 1.165) is 10.4 Å². The van der Waals surface area contributed by atoms with Crippen molar-refractivity contribution in [2.75, 3.05) is 0 Å². The molecule has 0 aliphatic rings. The van der Waals surface area contributed by atoms with Gasteiger partial charge in [-0.25, -0.2) is 4.39 Å². The third-order valence-corrected chi connectivity index (χ3v) is 4.32.